The fraction of sp³-hybridized carbons (Fsp3) is 0.636. The topological polar surface area (TPSA) is 122 Å². The van der Waals surface area contributed by atoms with Crippen molar-refractivity contribution in [2.24, 2.45) is 17.6 Å². The van der Waals surface area contributed by atoms with Crippen molar-refractivity contribution < 1.29 is 33.4 Å². The maximum atomic E-state index is 11.9. The molecule has 1 fully saturated rings. The lowest BCUT2D eigenvalue weighted by Gasteiger charge is -2.32. The third kappa shape index (κ3) is 3.67. The van der Waals surface area contributed by atoms with E-state index in [1.807, 2.05) is 0 Å². The molecule has 0 aliphatic carbocycles. The van der Waals surface area contributed by atoms with Gasteiger partial charge in [0.15, 0.2) is 5.78 Å². The fourth-order valence-electron chi connectivity index (χ4n) is 1.53. The average Bonchev–Trinajstić information content (AvgIpc) is 2.22. The van der Waals surface area contributed by atoms with Crippen LogP contribution >= 0.6 is 0 Å². The molecule has 1 atom stereocenters. The smallest absolute Gasteiger partial charge is 0.404 e. The zero-order chi connectivity index (χ0) is 14.8. The van der Waals surface area contributed by atoms with Crippen LogP contribution in [-0.2, 0) is 28.6 Å². The lowest BCUT2D eigenvalue weighted by atomic mass is 9.93. The molecule has 1 aliphatic heterocycles. The van der Waals surface area contributed by atoms with Crippen LogP contribution in [-0.4, -0.2) is 36.2 Å². The van der Waals surface area contributed by atoms with E-state index in [1.165, 1.54) is 20.8 Å². The summed E-state index contributed by atoms with van der Waals surface area (Å²) in [5, 5.41) is 0. The molecule has 2 N–H and O–H groups in total. The molecule has 0 aromatic heterocycles. The maximum absolute atomic E-state index is 11.9. The Morgan fingerprint density at radius 1 is 1.32 bits per heavy atom. The van der Waals surface area contributed by atoms with Crippen molar-refractivity contribution in [3.63, 3.8) is 0 Å². The van der Waals surface area contributed by atoms with Crippen LogP contribution in [0.1, 0.15) is 20.8 Å². The van der Waals surface area contributed by atoms with Crippen molar-refractivity contribution in [2.75, 3.05) is 6.61 Å². The molecule has 0 aromatic carbocycles. The molecule has 106 valence electrons. The summed E-state index contributed by atoms with van der Waals surface area (Å²) in [6.45, 7) is 3.83. The van der Waals surface area contributed by atoms with Crippen LogP contribution in [0.2, 0.25) is 0 Å². The number of amides is 1. The van der Waals surface area contributed by atoms with E-state index in [0.29, 0.717) is 0 Å². The van der Waals surface area contributed by atoms with Crippen molar-refractivity contribution in [1.29, 1.82) is 0 Å². The molecule has 1 saturated heterocycles. The lowest BCUT2D eigenvalue weighted by Crippen LogP contribution is -2.50. The second kappa shape index (κ2) is 5.25. The van der Waals surface area contributed by atoms with Crippen LogP contribution in [0.4, 0.5) is 4.79 Å². The van der Waals surface area contributed by atoms with Crippen LogP contribution in [0, 0.1) is 11.8 Å². The van der Waals surface area contributed by atoms with E-state index in [0.717, 1.165) is 0 Å². The van der Waals surface area contributed by atoms with Crippen LogP contribution in [0.5, 0.6) is 0 Å². The molecule has 0 saturated carbocycles. The zero-order valence-electron chi connectivity index (χ0n) is 10.8. The van der Waals surface area contributed by atoms with Gasteiger partial charge in [-0.3, -0.25) is 14.4 Å². The van der Waals surface area contributed by atoms with Gasteiger partial charge in [-0.15, -0.1) is 0 Å². The van der Waals surface area contributed by atoms with E-state index in [1.54, 1.807) is 0 Å². The largest absolute Gasteiger partial charge is 0.449 e. The Hall–Kier alpha value is -2.12. The summed E-state index contributed by atoms with van der Waals surface area (Å²) in [6, 6.07) is 0. The number of Topliss-reactive ketones (excluding diaryl/α,β-unsaturated/α-hetero) is 1. The monoisotopic (exact) mass is 273 g/mol. The Balaban J connectivity index is 2.74. The first kappa shape index (κ1) is 14.9. The molecule has 0 bridgehead atoms. The van der Waals surface area contributed by atoms with E-state index < -0.39 is 41.4 Å². The minimum atomic E-state index is -1.65. The van der Waals surface area contributed by atoms with Gasteiger partial charge in [0.25, 0.3) is 5.79 Å². The molecular formula is C11H15NO7. The Morgan fingerprint density at radius 3 is 2.21 bits per heavy atom. The second-order valence-corrected chi connectivity index (χ2v) is 4.61. The van der Waals surface area contributed by atoms with Crippen molar-refractivity contribution in [3.05, 3.63) is 0 Å². The first-order valence-corrected chi connectivity index (χ1v) is 5.55. The predicted molar refractivity (Wildman–Crippen MR) is 59.5 cm³/mol. The van der Waals surface area contributed by atoms with Crippen LogP contribution in [0.15, 0.2) is 0 Å². The lowest BCUT2D eigenvalue weighted by molar-refractivity contribution is -0.238. The summed E-state index contributed by atoms with van der Waals surface area (Å²) >= 11 is 0. The van der Waals surface area contributed by atoms with Gasteiger partial charge < -0.3 is 19.9 Å². The molecule has 1 heterocycles. The van der Waals surface area contributed by atoms with E-state index >= 15 is 0 Å². The van der Waals surface area contributed by atoms with Crippen LogP contribution in [0.3, 0.4) is 0 Å². The summed E-state index contributed by atoms with van der Waals surface area (Å²) in [7, 11) is 0. The van der Waals surface area contributed by atoms with E-state index in [2.05, 4.69) is 4.74 Å². The summed E-state index contributed by atoms with van der Waals surface area (Å²) in [6.07, 6.45) is -1.05. The molecule has 1 unspecified atom stereocenters. The summed E-state index contributed by atoms with van der Waals surface area (Å²) in [5.74, 6) is -6.61. The zero-order valence-corrected chi connectivity index (χ0v) is 10.8. The Labute approximate surface area is 109 Å². The quantitative estimate of drug-likeness (QED) is 0.553. The van der Waals surface area contributed by atoms with Gasteiger partial charge in [-0.1, -0.05) is 6.92 Å². The summed E-state index contributed by atoms with van der Waals surface area (Å²) in [5.41, 5.74) is 4.75. The second-order valence-electron chi connectivity index (χ2n) is 4.61. The molecule has 1 amide bonds. The van der Waals surface area contributed by atoms with Gasteiger partial charge in [0, 0.05) is 13.8 Å². The number of ketones is 1. The van der Waals surface area contributed by atoms with Crippen molar-refractivity contribution >= 4 is 23.8 Å². The summed E-state index contributed by atoms with van der Waals surface area (Å²) in [4.78, 5) is 45.6. The Morgan fingerprint density at radius 2 is 1.79 bits per heavy atom. The molecule has 8 nitrogen and oxygen atoms in total. The van der Waals surface area contributed by atoms with Gasteiger partial charge in [0.2, 0.25) is 5.92 Å². The molecule has 0 radical (unpaired) electrons. The minimum absolute atomic E-state index is 0.325. The molecule has 0 spiro atoms. The normalized spacial score (nSPS) is 20.2. The number of hydrogen-bond donors (Lipinski definition) is 1. The number of esters is 2. The highest BCUT2D eigenvalue weighted by Crippen LogP contribution is 2.25. The van der Waals surface area contributed by atoms with Crippen LogP contribution < -0.4 is 5.73 Å². The van der Waals surface area contributed by atoms with Gasteiger partial charge in [-0.2, -0.15) is 0 Å². The van der Waals surface area contributed by atoms with E-state index in [9.17, 15) is 19.2 Å². The van der Waals surface area contributed by atoms with Gasteiger partial charge in [0.05, 0.1) is 5.92 Å². The van der Waals surface area contributed by atoms with Gasteiger partial charge in [0.1, 0.15) is 6.61 Å². The van der Waals surface area contributed by atoms with E-state index in [4.69, 9.17) is 15.2 Å². The number of carbonyl (C=O) groups is 4. The summed E-state index contributed by atoms with van der Waals surface area (Å²) < 4.78 is 14.1. The standard InChI is InChI=1S/C11H15NO7/c1-5(4-17-10(12)16)7(13)6-8(14)18-11(2,3)19-9(6)15/h5-6H,4H2,1-3H3,(H2,12,16). The van der Waals surface area contributed by atoms with E-state index in [-0.39, 0.29) is 6.61 Å². The first-order chi connectivity index (χ1) is 8.64. The minimum Gasteiger partial charge on any atom is -0.449 e. The van der Waals surface area contributed by atoms with Gasteiger partial charge in [-0.25, -0.2) is 4.79 Å². The Kier molecular flexibility index (Phi) is 4.13. The Bertz CT molecular complexity index is 409. The van der Waals surface area contributed by atoms with Gasteiger partial charge in [-0.05, 0) is 0 Å². The number of hydrogen-bond acceptors (Lipinski definition) is 7. The number of rotatable bonds is 4. The predicted octanol–water partition coefficient (Wildman–Crippen LogP) is -0.261. The number of nitrogens with two attached hydrogens (primary N) is 1. The molecule has 1 rings (SSSR count). The molecule has 0 aromatic rings. The third-order valence-electron chi connectivity index (χ3n) is 2.41. The van der Waals surface area contributed by atoms with Crippen LogP contribution in [0.25, 0.3) is 0 Å². The highest BCUT2D eigenvalue weighted by Gasteiger charge is 2.48. The SMILES string of the molecule is CC(COC(N)=O)C(=O)C1C(=O)OC(C)(C)OC1=O. The highest BCUT2D eigenvalue weighted by molar-refractivity contribution is 6.16. The number of carbonyl (C=O) groups excluding carboxylic acids is 4. The number of cyclic esters (lactones) is 2. The molecule has 1 aliphatic rings. The number of primary amides is 1. The van der Waals surface area contributed by atoms with Crippen molar-refractivity contribution in [1.82, 2.24) is 0 Å². The third-order valence-corrected chi connectivity index (χ3v) is 2.41. The number of ether oxygens (including phenoxy) is 3. The first-order valence-electron chi connectivity index (χ1n) is 5.55. The van der Waals surface area contributed by atoms with Gasteiger partial charge >= 0.3 is 18.0 Å². The van der Waals surface area contributed by atoms with Crippen molar-refractivity contribution in [3.8, 4) is 0 Å². The molecular weight excluding hydrogens is 258 g/mol. The molecule has 8 heteroatoms. The maximum Gasteiger partial charge on any atom is 0.404 e. The highest BCUT2D eigenvalue weighted by atomic mass is 16.7. The molecule has 19 heavy (non-hydrogen) atoms. The average molecular weight is 273 g/mol. The van der Waals surface area contributed by atoms with Crippen molar-refractivity contribution in [2.45, 2.75) is 26.6 Å². The fourth-order valence-corrected chi connectivity index (χ4v) is 1.53.